The van der Waals surface area contributed by atoms with E-state index < -0.39 is 5.69 Å². The normalized spacial score (nSPS) is 13.3. The van der Waals surface area contributed by atoms with Crippen LogP contribution >= 0.6 is 28.8 Å². The van der Waals surface area contributed by atoms with Gasteiger partial charge in [-0.1, -0.05) is 0 Å². The van der Waals surface area contributed by atoms with Crippen LogP contribution in [0.1, 0.15) is 20.8 Å². The van der Waals surface area contributed by atoms with Gasteiger partial charge in [0.05, 0.1) is 13.2 Å². The molecule has 0 aliphatic rings. The maximum atomic E-state index is 5.48. The highest BCUT2D eigenvalue weighted by molar-refractivity contribution is 8.69. The average molecular weight is 272 g/mol. The summed E-state index contributed by atoms with van der Waals surface area (Å²) in [6.45, 7) is 7.14. The summed E-state index contributed by atoms with van der Waals surface area (Å²) < 4.78 is 11.0. The first kappa shape index (κ1) is 15.0. The molecule has 6 heteroatoms. The fourth-order valence-corrected chi connectivity index (χ4v) is 5.33. The summed E-state index contributed by atoms with van der Waals surface area (Å²) in [5.74, 6) is 0. The molecular formula is C8H17O2PS3. The molecule has 0 N–H and O–H groups in total. The molecule has 0 saturated heterocycles. The molecule has 84 valence electrons. The van der Waals surface area contributed by atoms with Crippen molar-refractivity contribution in [3.8, 4) is 0 Å². The van der Waals surface area contributed by atoms with Gasteiger partial charge in [0.2, 0.25) is 0 Å². The van der Waals surface area contributed by atoms with E-state index in [0.717, 1.165) is 0 Å². The molecule has 0 aliphatic carbocycles. The number of rotatable bonds is 7. The minimum Gasteiger partial charge on any atom is -0.322 e. The van der Waals surface area contributed by atoms with Crippen molar-refractivity contribution in [2.24, 2.45) is 0 Å². The van der Waals surface area contributed by atoms with Gasteiger partial charge in [-0.05, 0) is 60.5 Å². The van der Waals surface area contributed by atoms with Crippen molar-refractivity contribution in [1.29, 1.82) is 0 Å². The van der Waals surface area contributed by atoms with Crippen molar-refractivity contribution in [1.82, 2.24) is 0 Å². The molecule has 0 amide bonds. The summed E-state index contributed by atoms with van der Waals surface area (Å²) in [5, 5.41) is 2.02. The lowest BCUT2D eigenvalue weighted by Gasteiger charge is -2.18. The molecule has 0 aromatic carbocycles. The fourth-order valence-electron chi connectivity index (χ4n) is 0.601. The molecule has 0 rings (SSSR count). The van der Waals surface area contributed by atoms with Crippen LogP contribution in [0, 0.1) is 0 Å². The maximum Gasteiger partial charge on any atom is 0.251 e. The molecule has 0 radical (unpaired) electrons. The second-order valence-electron chi connectivity index (χ2n) is 2.32. The zero-order chi connectivity index (χ0) is 11.0. The van der Waals surface area contributed by atoms with Gasteiger partial charge in [-0.25, -0.2) is 0 Å². The molecule has 0 aromatic heterocycles. The van der Waals surface area contributed by atoms with E-state index in [1.165, 1.54) is 16.3 Å². The highest BCUT2D eigenvalue weighted by atomic mass is 32.9. The summed E-state index contributed by atoms with van der Waals surface area (Å²) in [6, 6.07) is 0. The molecule has 0 atom stereocenters. The van der Waals surface area contributed by atoms with E-state index in [0.29, 0.717) is 13.2 Å². The first-order valence-electron chi connectivity index (χ1n) is 4.36. The molecule has 0 saturated carbocycles. The van der Waals surface area contributed by atoms with Gasteiger partial charge < -0.3 is 9.05 Å². The lowest BCUT2D eigenvalue weighted by Crippen LogP contribution is -1.90. The molecular weight excluding hydrogens is 255 g/mol. The van der Waals surface area contributed by atoms with E-state index in [1.54, 1.807) is 11.8 Å². The summed E-state index contributed by atoms with van der Waals surface area (Å²) in [7, 11) is 0. The molecule has 14 heavy (non-hydrogen) atoms. The van der Waals surface area contributed by atoms with Crippen molar-refractivity contribution in [2.75, 3.05) is 19.5 Å². The van der Waals surface area contributed by atoms with Crippen LogP contribution in [0.5, 0.6) is 0 Å². The topological polar surface area (TPSA) is 18.5 Å². The lowest BCUT2D eigenvalue weighted by atomic mass is 10.8. The summed E-state index contributed by atoms with van der Waals surface area (Å²) in [5.41, 5.74) is -2.13. The summed E-state index contributed by atoms with van der Waals surface area (Å²) in [6.07, 6.45) is 2.04. The van der Waals surface area contributed by atoms with Crippen molar-refractivity contribution in [3.63, 3.8) is 0 Å². The van der Waals surface area contributed by atoms with E-state index in [2.05, 4.69) is 6.92 Å². The Labute approximate surface area is 100 Å². The monoisotopic (exact) mass is 272 g/mol. The fraction of sp³-hybridized carbons (Fsp3) is 0.750. The largest absolute Gasteiger partial charge is 0.322 e. The zero-order valence-electron chi connectivity index (χ0n) is 8.98. The van der Waals surface area contributed by atoms with Crippen molar-refractivity contribution >= 4 is 40.6 Å². The zero-order valence-corrected chi connectivity index (χ0v) is 12.3. The van der Waals surface area contributed by atoms with Crippen LogP contribution in [0.2, 0.25) is 0 Å². The van der Waals surface area contributed by atoms with E-state index in [-0.39, 0.29) is 0 Å². The Morgan fingerprint density at radius 1 is 1.36 bits per heavy atom. The maximum absolute atomic E-state index is 5.48. The van der Waals surface area contributed by atoms with Gasteiger partial charge in [-0.15, -0.1) is 11.8 Å². The van der Waals surface area contributed by atoms with Crippen LogP contribution in [0.15, 0.2) is 10.3 Å². The Hall–Kier alpha value is 1.01. The van der Waals surface area contributed by atoms with Crippen molar-refractivity contribution in [2.45, 2.75) is 20.8 Å². The Morgan fingerprint density at radius 2 is 1.86 bits per heavy atom. The van der Waals surface area contributed by atoms with E-state index in [9.17, 15) is 0 Å². The van der Waals surface area contributed by atoms with Crippen LogP contribution in [0.25, 0.3) is 0 Å². The second kappa shape index (κ2) is 8.20. The second-order valence-corrected chi connectivity index (χ2v) is 9.44. The first-order chi connectivity index (χ1) is 6.58. The molecule has 0 unspecified atom stereocenters. The Bertz CT molecular complexity index is 221. The number of allylic oxidation sites excluding steroid dienone is 1. The van der Waals surface area contributed by atoms with Crippen LogP contribution in [-0.2, 0) is 20.9 Å². The SMILES string of the molecule is CCOP(=S)(OCC)SC=C(C)SC. The Balaban J connectivity index is 4.29. The minimum absolute atomic E-state index is 0.608. The van der Waals surface area contributed by atoms with Gasteiger partial charge >= 0.3 is 0 Å². The van der Waals surface area contributed by atoms with Gasteiger partial charge in [-0.2, -0.15) is 0 Å². The van der Waals surface area contributed by atoms with Gasteiger partial charge in [0.15, 0.2) is 0 Å². The third kappa shape index (κ3) is 6.49. The molecule has 0 bridgehead atoms. The van der Waals surface area contributed by atoms with Crippen LogP contribution in [0.3, 0.4) is 0 Å². The quantitative estimate of drug-likeness (QED) is 0.643. The number of thioether (sulfide) groups is 1. The molecule has 0 fully saturated rings. The Kier molecular flexibility index (Phi) is 8.79. The van der Waals surface area contributed by atoms with E-state index >= 15 is 0 Å². The molecule has 2 nitrogen and oxygen atoms in total. The summed E-state index contributed by atoms with van der Waals surface area (Å²) >= 11 is 8.55. The molecule has 0 heterocycles. The standard InChI is InChI=1S/C8H17O2PS3/c1-5-9-11(12,10-6-2)14-7-8(3)13-4/h7H,5-6H2,1-4H3. The highest BCUT2D eigenvalue weighted by Gasteiger charge is 2.17. The minimum atomic E-state index is -2.13. The third-order valence-electron chi connectivity index (χ3n) is 1.24. The molecule has 0 aromatic rings. The van der Waals surface area contributed by atoms with Crippen LogP contribution in [-0.4, -0.2) is 19.5 Å². The number of hydrogen-bond acceptors (Lipinski definition) is 5. The lowest BCUT2D eigenvalue weighted by molar-refractivity contribution is 0.281. The van der Waals surface area contributed by atoms with Crippen molar-refractivity contribution < 1.29 is 9.05 Å². The van der Waals surface area contributed by atoms with Gasteiger partial charge in [0.25, 0.3) is 5.69 Å². The highest BCUT2D eigenvalue weighted by Crippen LogP contribution is 2.61. The van der Waals surface area contributed by atoms with Crippen LogP contribution < -0.4 is 0 Å². The van der Waals surface area contributed by atoms with E-state index in [1.807, 2.05) is 25.5 Å². The number of hydrogen-bond donors (Lipinski definition) is 0. The first-order valence-corrected chi connectivity index (χ1v) is 9.71. The third-order valence-corrected chi connectivity index (χ3v) is 7.15. The van der Waals surface area contributed by atoms with Gasteiger partial charge in [0, 0.05) is 0 Å². The predicted octanol–water partition coefficient (Wildman–Crippen LogP) is 4.24. The Morgan fingerprint density at radius 3 is 2.21 bits per heavy atom. The smallest absolute Gasteiger partial charge is 0.251 e. The van der Waals surface area contributed by atoms with Crippen LogP contribution in [0.4, 0.5) is 0 Å². The molecule has 0 spiro atoms. The van der Waals surface area contributed by atoms with Crippen molar-refractivity contribution in [3.05, 3.63) is 10.3 Å². The van der Waals surface area contributed by atoms with Gasteiger partial charge in [-0.3, -0.25) is 0 Å². The van der Waals surface area contributed by atoms with Gasteiger partial charge in [0.1, 0.15) is 0 Å². The molecule has 0 aliphatic heterocycles. The van der Waals surface area contributed by atoms with E-state index in [4.69, 9.17) is 20.9 Å². The average Bonchev–Trinajstić information content (AvgIpc) is 2.15. The summed E-state index contributed by atoms with van der Waals surface area (Å²) in [4.78, 5) is 1.23. The predicted molar refractivity (Wildman–Crippen MR) is 72.4 cm³/mol.